The van der Waals surface area contributed by atoms with E-state index in [9.17, 15) is 24.8 Å². The van der Waals surface area contributed by atoms with E-state index in [4.69, 9.17) is 0 Å². The Bertz CT molecular complexity index is 765. The highest BCUT2D eigenvalue weighted by atomic mass is 16.6. The van der Waals surface area contributed by atoms with Crippen LogP contribution in [-0.2, 0) is 0 Å². The number of amides is 2. The van der Waals surface area contributed by atoms with Crippen LogP contribution in [0.25, 0.3) is 0 Å². The van der Waals surface area contributed by atoms with Gasteiger partial charge in [0.25, 0.3) is 17.5 Å². The molecule has 0 fully saturated rings. The maximum Gasteiger partial charge on any atom is 0.273 e. The van der Waals surface area contributed by atoms with Crippen LogP contribution in [0.4, 0.5) is 11.4 Å². The first kappa shape index (κ1) is 12.8. The number of anilines is 1. The zero-order valence-corrected chi connectivity index (χ0v) is 10.5. The Kier molecular flexibility index (Phi) is 2.69. The number of imide groups is 1. The second-order valence-corrected chi connectivity index (χ2v) is 4.42. The molecule has 0 aromatic heterocycles. The summed E-state index contributed by atoms with van der Waals surface area (Å²) >= 11 is 0. The topological polar surface area (TPSA) is 101 Å². The molecule has 0 aliphatic carbocycles. The Labute approximate surface area is 118 Å². The molecule has 1 aliphatic heterocycles. The van der Waals surface area contributed by atoms with Gasteiger partial charge in [-0.25, -0.2) is 4.90 Å². The van der Waals surface area contributed by atoms with Gasteiger partial charge in [-0.15, -0.1) is 0 Å². The quantitative estimate of drug-likeness (QED) is 0.517. The predicted octanol–water partition coefficient (Wildman–Crippen LogP) is 2.10. The summed E-state index contributed by atoms with van der Waals surface area (Å²) in [7, 11) is 0. The molecule has 2 amide bonds. The summed E-state index contributed by atoms with van der Waals surface area (Å²) in [6.07, 6.45) is 0. The highest BCUT2D eigenvalue weighted by Gasteiger charge is 2.37. The molecule has 0 saturated heterocycles. The molecule has 3 rings (SSSR count). The number of phenolic OH excluding ortho intramolecular Hbond substituents is 1. The lowest BCUT2D eigenvalue weighted by Crippen LogP contribution is -2.29. The molecule has 0 bridgehead atoms. The maximum absolute atomic E-state index is 12.2. The lowest BCUT2D eigenvalue weighted by Gasteiger charge is -2.14. The number of hydrogen-bond acceptors (Lipinski definition) is 5. The number of nitrogens with zero attached hydrogens (tertiary/aromatic N) is 2. The molecule has 0 atom stereocenters. The van der Waals surface area contributed by atoms with Crippen molar-refractivity contribution < 1.29 is 19.6 Å². The summed E-state index contributed by atoms with van der Waals surface area (Å²) in [5, 5.41) is 20.5. The van der Waals surface area contributed by atoms with Crippen molar-refractivity contribution in [3.63, 3.8) is 0 Å². The van der Waals surface area contributed by atoms with Gasteiger partial charge in [0.1, 0.15) is 5.75 Å². The SMILES string of the molecule is O=C1c2ccccc2C(=O)N1c1ccc([N+](=O)[O-])cc1O. The molecule has 1 N–H and O–H groups in total. The van der Waals surface area contributed by atoms with Crippen molar-refractivity contribution in [1.29, 1.82) is 0 Å². The smallest absolute Gasteiger partial charge is 0.273 e. The second-order valence-electron chi connectivity index (χ2n) is 4.42. The molecule has 21 heavy (non-hydrogen) atoms. The maximum atomic E-state index is 12.2. The van der Waals surface area contributed by atoms with E-state index in [1.807, 2.05) is 0 Å². The molecule has 0 saturated carbocycles. The zero-order chi connectivity index (χ0) is 15.1. The fraction of sp³-hybridized carbons (Fsp3) is 0. The summed E-state index contributed by atoms with van der Waals surface area (Å²) in [5.41, 5.74) is 0.0696. The van der Waals surface area contributed by atoms with Gasteiger partial charge in [0.2, 0.25) is 0 Å². The van der Waals surface area contributed by atoms with Gasteiger partial charge in [-0.1, -0.05) is 12.1 Å². The van der Waals surface area contributed by atoms with E-state index in [0.29, 0.717) is 0 Å². The molecule has 0 unspecified atom stereocenters. The number of aromatic hydroxyl groups is 1. The van der Waals surface area contributed by atoms with Gasteiger partial charge < -0.3 is 5.11 Å². The first-order valence-electron chi connectivity index (χ1n) is 5.96. The van der Waals surface area contributed by atoms with Gasteiger partial charge in [-0.2, -0.15) is 0 Å². The van der Waals surface area contributed by atoms with Crippen LogP contribution < -0.4 is 4.90 Å². The fourth-order valence-electron chi connectivity index (χ4n) is 2.22. The van der Waals surface area contributed by atoms with Crippen molar-refractivity contribution in [1.82, 2.24) is 0 Å². The van der Waals surface area contributed by atoms with Crippen LogP contribution in [0.1, 0.15) is 20.7 Å². The van der Waals surface area contributed by atoms with Gasteiger partial charge in [0, 0.05) is 6.07 Å². The molecule has 0 spiro atoms. The highest BCUT2D eigenvalue weighted by Crippen LogP contribution is 2.36. The summed E-state index contributed by atoms with van der Waals surface area (Å²) < 4.78 is 0. The number of phenols is 1. The van der Waals surface area contributed by atoms with Gasteiger partial charge in [-0.3, -0.25) is 19.7 Å². The van der Waals surface area contributed by atoms with E-state index in [0.717, 1.165) is 17.0 Å². The summed E-state index contributed by atoms with van der Waals surface area (Å²) in [6.45, 7) is 0. The van der Waals surface area contributed by atoms with Crippen molar-refractivity contribution in [2.75, 3.05) is 4.90 Å². The van der Waals surface area contributed by atoms with Gasteiger partial charge in [0.05, 0.1) is 27.8 Å². The van der Waals surface area contributed by atoms with E-state index >= 15 is 0 Å². The van der Waals surface area contributed by atoms with E-state index < -0.39 is 22.5 Å². The molecular weight excluding hydrogens is 276 g/mol. The molecule has 0 radical (unpaired) electrons. The van der Waals surface area contributed by atoms with Crippen LogP contribution in [0.5, 0.6) is 5.75 Å². The average Bonchev–Trinajstić information content (AvgIpc) is 2.72. The first-order valence-corrected chi connectivity index (χ1v) is 5.96. The largest absolute Gasteiger partial charge is 0.505 e. The molecule has 7 nitrogen and oxygen atoms in total. The van der Waals surface area contributed by atoms with E-state index in [-0.39, 0.29) is 22.5 Å². The Hall–Kier alpha value is -3.22. The molecule has 2 aromatic carbocycles. The standard InChI is InChI=1S/C14H8N2O5/c17-12-7-8(16(20)21)5-6-11(12)15-13(18)9-3-1-2-4-10(9)14(15)19/h1-7,17H. The lowest BCUT2D eigenvalue weighted by molar-refractivity contribution is -0.384. The molecule has 1 heterocycles. The molecule has 1 aliphatic rings. The third kappa shape index (κ3) is 1.83. The number of benzene rings is 2. The van der Waals surface area contributed by atoms with Crippen LogP contribution >= 0.6 is 0 Å². The Balaban J connectivity index is 2.09. The Morgan fingerprint density at radius 2 is 1.57 bits per heavy atom. The van der Waals surface area contributed by atoms with Crippen molar-refractivity contribution in [3.05, 3.63) is 63.7 Å². The summed E-state index contributed by atoms with van der Waals surface area (Å²) in [5.74, 6) is -1.64. The third-order valence-corrected chi connectivity index (χ3v) is 3.20. The minimum absolute atomic E-state index is 0.0770. The number of nitro groups is 1. The number of hydrogen-bond donors (Lipinski definition) is 1. The van der Waals surface area contributed by atoms with Crippen molar-refractivity contribution in [2.45, 2.75) is 0 Å². The molecule has 2 aromatic rings. The number of carbonyl (C=O) groups is 2. The second kappa shape index (κ2) is 4.41. The minimum atomic E-state index is -0.675. The van der Waals surface area contributed by atoms with Crippen LogP contribution in [-0.4, -0.2) is 21.8 Å². The first-order chi connectivity index (χ1) is 10.0. The molecular formula is C14H8N2O5. The number of fused-ring (bicyclic) bond motifs is 1. The van der Waals surface area contributed by atoms with E-state index in [1.54, 1.807) is 12.1 Å². The van der Waals surface area contributed by atoms with Crippen LogP contribution in [0, 0.1) is 10.1 Å². The normalized spacial score (nSPS) is 13.4. The fourth-order valence-corrected chi connectivity index (χ4v) is 2.22. The van der Waals surface area contributed by atoms with E-state index in [2.05, 4.69) is 0 Å². The van der Waals surface area contributed by atoms with Crippen molar-refractivity contribution >= 4 is 23.2 Å². The third-order valence-electron chi connectivity index (χ3n) is 3.20. The van der Waals surface area contributed by atoms with Crippen LogP contribution in [0.3, 0.4) is 0 Å². The Morgan fingerprint density at radius 3 is 2.05 bits per heavy atom. The monoisotopic (exact) mass is 284 g/mol. The van der Waals surface area contributed by atoms with Gasteiger partial charge >= 0.3 is 0 Å². The Morgan fingerprint density at radius 1 is 1.00 bits per heavy atom. The summed E-state index contributed by atoms with van der Waals surface area (Å²) in [6, 6.07) is 9.48. The average molecular weight is 284 g/mol. The molecule has 7 heteroatoms. The zero-order valence-electron chi connectivity index (χ0n) is 10.5. The number of non-ortho nitro benzene ring substituents is 1. The number of nitro benzene ring substituents is 1. The van der Waals surface area contributed by atoms with Crippen LogP contribution in [0.2, 0.25) is 0 Å². The lowest BCUT2D eigenvalue weighted by atomic mass is 10.1. The predicted molar refractivity (Wildman–Crippen MR) is 72.3 cm³/mol. The van der Waals surface area contributed by atoms with E-state index in [1.165, 1.54) is 18.2 Å². The minimum Gasteiger partial charge on any atom is -0.505 e. The number of rotatable bonds is 2. The summed E-state index contributed by atoms with van der Waals surface area (Å²) in [4.78, 5) is 35.3. The highest BCUT2D eigenvalue weighted by molar-refractivity contribution is 6.34. The van der Waals surface area contributed by atoms with Crippen molar-refractivity contribution in [3.8, 4) is 5.75 Å². The van der Waals surface area contributed by atoms with Crippen molar-refractivity contribution in [2.24, 2.45) is 0 Å². The molecule has 104 valence electrons. The van der Waals surface area contributed by atoms with Crippen LogP contribution in [0.15, 0.2) is 42.5 Å². The van der Waals surface area contributed by atoms with Gasteiger partial charge in [0.15, 0.2) is 0 Å². The number of carbonyl (C=O) groups excluding carboxylic acids is 2. The van der Waals surface area contributed by atoms with Gasteiger partial charge in [-0.05, 0) is 18.2 Å².